The van der Waals surface area contributed by atoms with Crippen LogP contribution in [0.25, 0.3) is 0 Å². The smallest absolute Gasteiger partial charge is 0.338 e. The van der Waals surface area contributed by atoms with Crippen molar-refractivity contribution in [2.75, 3.05) is 18.4 Å². The summed E-state index contributed by atoms with van der Waals surface area (Å²) >= 11 is 0. The van der Waals surface area contributed by atoms with Crippen LogP contribution >= 0.6 is 0 Å². The molecule has 0 aromatic heterocycles. The normalized spacial score (nSPS) is 12.4. The van der Waals surface area contributed by atoms with Gasteiger partial charge in [-0.1, -0.05) is 38.1 Å². The van der Waals surface area contributed by atoms with E-state index in [1.165, 1.54) is 23.4 Å². The zero-order chi connectivity index (χ0) is 21.6. The van der Waals surface area contributed by atoms with Gasteiger partial charge in [-0.25, -0.2) is 13.2 Å². The van der Waals surface area contributed by atoms with Gasteiger partial charge in [0.15, 0.2) is 6.10 Å². The predicted octanol–water partition coefficient (Wildman–Crippen LogP) is 3.21. The molecule has 0 radical (unpaired) electrons. The monoisotopic (exact) mass is 418 g/mol. The lowest BCUT2D eigenvalue weighted by atomic mass is 10.1. The lowest BCUT2D eigenvalue weighted by molar-refractivity contribution is -0.123. The van der Waals surface area contributed by atoms with Gasteiger partial charge in [-0.05, 0) is 43.7 Å². The van der Waals surface area contributed by atoms with Crippen LogP contribution in [0.5, 0.6) is 0 Å². The third-order valence-electron chi connectivity index (χ3n) is 4.44. The lowest BCUT2D eigenvalue weighted by Gasteiger charge is -2.20. The third-order valence-corrected chi connectivity index (χ3v) is 6.63. The molecule has 156 valence electrons. The molecule has 0 saturated carbocycles. The molecule has 0 aliphatic heterocycles. The maximum atomic E-state index is 12.8. The zero-order valence-electron chi connectivity index (χ0n) is 17.0. The molecule has 2 rings (SSSR count). The van der Waals surface area contributed by atoms with Gasteiger partial charge in [-0.15, -0.1) is 0 Å². The predicted molar refractivity (Wildman–Crippen MR) is 111 cm³/mol. The molecule has 0 bridgehead atoms. The Morgan fingerprint density at radius 2 is 1.69 bits per heavy atom. The van der Waals surface area contributed by atoms with E-state index in [2.05, 4.69) is 5.32 Å². The number of esters is 1. The molecule has 0 saturated heterocycles. The number of carbonyl (C=O) groups is 2. The fraction of sp³-hybridized carbons (Fsp3) is 0.333. The van der Waals surface area contributed by atoms with Gasteiger partial charge in [0.25, 0.3) is 5.91 Å². The van der Waals surface area contributed by atoms with Crippen LogP contribution in [0.1, 0.15) is 36.7 Å². The Balaban J connectivity index is 2.18. The van der Waals surface area contributed by atoms with Crippen molar-refractivity contribution in [2.24, 2.45) is 0 Å². The van der Waals surface area contributed by atoms with Gasteiger partial charge in [-0.3, -0.25) is 4.79 Å². The highest BCUT2D eigenvalue weighted by Gasteiger charge is 2.26. The largest absolute Gasteiger partial charge is 0.449 e. The quantitative estimate of drug-likeness (QED) is 0.665. The Kier molecular flexibility index (Phi) is 7.53. The molecule has 0 heterocycles. The van der Waals surface area contributed by atoms with Crippen LogP contribution < -0.4 is 5.32 Å². The molecule has 1 amide bonds. The number of anilines is 1. The molecule has 2 aromatic carbocycles. The maximum Gasteiger partial charge on any atom is 0.338 e. The minimum atomic E-state index is -3.73. The Bertz CT molecular complexity index is 970. The number of benzene rings is 2. The topological polar surface area (TPSA) is 92.8 Å². The number of aryl methyl sites for hydroxylation is 1. The van der Waals surface area contributed by atoms with Gasteiger partial charge in [0.1, 0.15) is 0 Å². The number of para-hydroxylation sites is 1. The molecule has 2 aromatic rings. The van der Waals surface area contributed by atoms with E-state index >= 15 is 0 Å². The summed E-state index contributed by atoms with van der Waals surface area (Å²) in [6, 6.07) is 13.1. The second-order valence-electron chi connectivity index (χ2n) is 6.47. The van der Waals surface area contributed by atoms with Gasteiger partial charge in [0.2, 0.25) is 10.0 Å². The molecule has 8 heteroatoms. The van der Waals surface area contributed by atoms with Gasteiger partial charge in [-0.2, -0.15) is 4.31 Å². The van der Waals surface area contributed by atoms with E-state index < -0.39 is 28.0 Å². The van der Waals surface area contributed by atoms with Crippen molar-refractivity contribution in [3.05, 3.63) is 59.7 Å². The highest BCUT2D eigenvalue weighted by atomic mass is 32.2. The Labute approximate surface area is 171 Å². The molecule has 0 spiro atoms. The zero-order valence-corrected chi connectivity index (χ0v) is 17.8. The lowest BCUT2D eigenvalue weighted by Crippen LogP contribution is -2.32. The molecule has 1 N–H and O–H groups in total. The average molecular weight is 419 g/mol. The molecule has 0 unspecified atom stereocenters. The van der Waals surface area contributed by atoms with Crippen molar-refractivity contribution in [1.82, 2.24) is 4.31 Å². The SMILES string of the molecule is CCN(CC)S(=O)(=O)c1cc(C(=O)O[C@@H](C)C(=O)Nc2ccccc2)ccc1C. The fourth-order valence-electron chi connectivity index (χ4n) is 2.76. The van der Waals surface area contributed by atoms with Crippen molar-refractivity contribution in [3.8, 4) is 0 Å². The van der Waals surface area contributed by atoms with Crippen molar-refractivity contribution in [1.29, 1.82) is 0 Å². The van der Waals surface area contributed by atoms with E-state index in [0.29, 0.717) is 24.3 Å². The van der Waals surface area contributed by atoms with Crippen LogP contribution in [-0.2, 0) is 19.6 Å². The highest BCUT2D eigenvalue weighted by molar-refractivity contribution is 7.89. The molecule has 0 aliphatic carbocycles. The first kappa shape index (κ1) is 22.6. The van der Waals surface area contributed by atoms with Crippen LogP contribution in [0.3, 0.4) is 0 Å². The van der Waals surface area contributed by atoms with Crippen LogP contribution in [0.4, 0.5) is 5.69 Å². The number of hydrogen-bond donors (Lipinski definition) is 1. The van der Waals surface area contributed by atoms with Crippen LogP contribution in [0, 0.1) is 6.92 Å². The first-order valence-corrected chi connectivity index (χ1v) is 10.8. The van der Waals surface area contributed by atoms with Crippen LogP contribution in [0.15, 0.2) is 53.4 Å². The summed E-state index contributed by atoms with van der Waals surface area (Å²) in [7, 11) is -3.73. The minimum absolute atomic E-state index is 0.0528. The van der Waals surface area contributed by atoms with Gasteiger partial charge >= 0.3 is 5.97 Å². The fourth-order valence-corrected chi connectivity index (χ4v) is 4.46. The number of rotatable bonds is 8. The summed E-state index contributed by atoms with van der Waals surface area (Å²) < 4.78 is 32.2. The number of nitrogens with one attached hydrogen (secondary N) is 1. The van der Waals surface area contributed by atoms with Gasteiger partial charge in [0.05, 0.1) is 10.5 Å². The van der Waals surface area contributed by atoms with Crippen molar-refractivity contribution in [2.45, 2.75) is 38.7 Å². The van der Waals surface area contributed by atoms with Crippen LogP contribution in [-0.4, -0.2) is 43.8 Å². The maximum absolute atomic E-state index is 12.8. The molecule has 0 aliphatic rings. The van der Waals surface area contributed by atoms with Gasteiger partial charge in [0, 0.05) is 18.8 Å². The summed E-state index contributed by atoms with van der Waals surface area (Å²) in [5.41, 5.74) is 1.19. The number of amides is 1. The molecule has 0 fully saturated rings. The highest BCUT2D eigenvalue weighted by Crippen LogP contribution is 2.22. The van der Waals surface area contributed by atoms with E-state index in [1.807, 2.05) is 6.07 Å². The van der Waals surface area contributed by atoms with E-state index in [4.69, 9.17) is 4.74 Å². The van der Waals surface area contributed by atoms with Gasteiger partial charge < -0.3 is 10.1 Å². The van der Waals surface area contributed by atoms with E-state index in [-0.39, 0.29) is 10.5 Å². The number of ether oxygens (including phenoxy) is 1. The number of nitrogens with zero attached hydrogens (tertiary/aromatic N) is 1. The summed E-state index contributed by atoms with van der Waals surface area (Å²) in [6.45, 7) is 7.27. The number of sulfonamides is 1. The third kappa shape index (κ3) is 5.42. The number of hydrogen-bond acceptors (Lipinski definition) is 5. The van der Waals surface area contributed by atoms with Crippen molar-refractivity contribution in [3.63, 3.8) is 0 Å². The van der Waals surface area contributed by atoms with Crippen molar-refractivity contribution >= 4 is 27.6 Å². The second-order valence-corrected chi connectivity index (χ2v) is 8.38. The van der Waals surface area contributed by atoms with E-state index in [1.54, 1.807) is 51.1 Å². The Hall–Kier alpha value is -2.71. The Morgan fingerprint density at radius 3 is 2.28 bits per heavy atom. The summed E-state index contributed by atoms with van der Waals surface area (Å²) in [6.07, 6.45) is -1.05. The van der Waals surface area contributed by atoms with Crippen molar-refractivity contribution < 1.29 is 22.7 Å². The van der Waals surface area contributed by atoms with Crippen LogP contribution in [0.2, 0.25) is 0 Å². The second kappa shape index (κ2) is 9.67. The molecular weight excluding hydrogens is 392 g/mol. The number of carbonyl (C=O) groups excluding carboxylic acids is 2. The minimum Gasteiger partial charge on any atom is -0.449 e. The average Bonchev–Trinajstić information content (AvgIpc) is 2.69. The summed E-state index contributed by atoms with van der Waals surface area (Å²) in [5.74, 6) is -1.25. The molecule has 29 heavy (non-hydrogen) atoms. The first-order valence-electron chi connectivity index (χ1n) is 9.38. The summed E-state index contributed by atoms with van der Waals surface area (Å²) in [4.78, 5) is 24.8. The molecule has 7 nitrogen and oxygen atoms in total. The first-order chi connectivity index (χ1) is 13.7. The van der Waals surface area contributed by atoms with E-state index in [0.717, 1.165) is 0 Å². The summed E-state index contributed by atoms with van der Waals surface area (Å²) in [5, 5.41) is 2.65. The molecule has 1 atom stereocenters. The molecular formula is C21H26N2O5S. The van der Waals surface area contributed by atoms with E-state index in [9.17, 15) is 18.0 Å². The Morgan fingerprint density at radius 1 is 1.07 bits per heavy atom. The standard InChI is InChI=1S/C21H26N2O5S/c1-5-23(6-2)29(26,27)19-14-17(13-12-15(19)3)21(25)28-16(4)20(24)22-18-10-8-7-9-11-18/h7-14,16H,5-6H2,1-4H3,(H,22,24)/t16-/m0/s1.